The normalized spacial score (nSPS) is 21.6. The molecule has 2 heterocycles. The number of fused-ring (bicyclic) bond motifs is 1. The van der Waals surface area contributed by atoms with E-state index in [9.17, 15) is 9.59 Å². The molecule has 118 valence electrons. The third-order valence-corrected chi connectivity index (χ3v) is 4.51. The van der Waals surface area contributed by atoms with Crippen LogP contribution in [0.25, 0.3) is 0 Å². The molecule has 1 aromatic carbocycles. The van der Waals surface area contributed by atoms with E-state index in [1.807, 2.05) is 7.05 Å². The zero-order valence-electron chi connectivity index (χ0n) is 12.8. The summed E-state index contributed by atoms with van der Waals surface area (Å²) in [6.07, 6.45) is 1.02. The number of carbonyl (C=O) groups excluding carboxylic acids is 2. The van der Waals surface area contributed by atoms with Crippen LogP contribution in [0.5, 0.6) is 0 Å². The smallest absolute Gasteiger partial charge is 0.243 e. The monoisotopic (exact) mass is 302 g/mol. The van der Waals surface area contributed by atoms with Crippen molar-refractivity contribution in [2.24, 2.45) is 5.73 Å². The van der Waals surface area contributed by atoms with E-state index in [1.54, 1.807) is 0 Å². The van der Waals surface area contributed by atoms with Gasteiger partial charge >= 0.3 is 0 Å². The number of imide groups is 1. The van der Waals surface area contributed by atoms with E-state index in [1.165, 1.54) is 16.8 Å². The van der Waals surface area contributed by atoms with Crippen LogP contribution in [-0.4, -0.2) is 42.9 Å². The summed E-state index contributed by atoms with van der Waals surface area (Å²) in [4.78, 5) is 27.7. The molecule has 0 aromatic heterocycles. The molecule has 3 rings (SSSR count). The summed E-state index contributed by atoms with van der Waals surface area (Å²) < 4.78 is 0. The first kappa shape index (κ1) is 15.0. The van der Waals surface area contributed by atoms with Crippen LogP contribution in [0, 0.1) is 0 Å². The summed E-state index contributed by atoms with van der Waals surface area (Å²) >= 11 is 0. The van der Waals surface area contributed by atoms with Crippen LogP contribution < -0.4 is 16.0 Å². The van der Waals surface area contributed by atoms with Gasteiger partial charge in [0.05, 0.1) is 6.04 Å². The summed E-state index contributed by atoms with van der Waals surface area (Å²) in [5, 5.41) is 2.44. The molecule has 0 aliphatic carbocycles. The number of rotatable bonds is 4. The van der Waals surface area contributed by atoms with Gasteiger partial charge in [-0.15, -0.1) is 0 Å². The number of hydrogen-bond acceptors (Lipinski definition) is 5. The Morgan fingerprint density at radius 2 is 2.18 bits per heavy atom. The Labute approximate surface area is 130 Å². The minimum absolute atomic E-state index is 0.165. The molecule has 1 unspecified atom stereocenters. The van der Waals surface area contributed by atoms with Gasteiger partial charge in [0.2, 0.25) is 11.8 Å². The van der Waals surface area contributed by atoms with Crippen molar-refractivity contribution >= 4 is 17.5 Å². The first-order valence-electron chi connectivity index (χ1n) is 7.70. The number of nitrogens with two attached hydrogens (primary N) is 1. The number of nitrogens with zero attached hydrogens (tertiary/aromatic N) is 2. The molecule has 3 N–H and O–H groups in total. The molecule has 1 aromatic rings. The minimum atomic E-state index is -0.210. The predicted molar refractivity (Wildman–Crippen MR) is 84.2 cm³/mol. The fraction of sp³-hybridized carbons (Fsp3) is 0.500. The zero-order chi connectivity index (χ0) is 15.7. The summed E-state index contributed by atoms with van der Waals surface area (Å²) in [5.41, 5.74) is 9.35. The lowest BCUT2D eigenvalue weighted by Gasteiger charge is -2.29. The maximum Gasteiger partial charge on any atom is 0.243 e. The van der Waals surface area contributed by atoms with E-state index in [4.69, 9.17) is 5.73 Å². The van der Waals surface area contributed by atoms with Crippen LogP contribution in [0.15, 0.2) is 18.2 Å². The second-order valence-corrected chi connectivity index (χ2v) is 6.00. The standard InChI is InChI=1S/C16H22N4O2/c1-19(8-7-17)13-4-2-3-11-9-20(10-12(11)13)14-5-6-15(21)18-16(14)22/h2-4,14H,5-10,17H2,1H3,(H,18,21,22). The third kappa shape index (κ3) is 2.71. The van der Waals surface area contributed by atoms with Crippen molar-refractivity contribution in [1.29, 1.82) is 0 Å². The van der Waals surface area contributed by atoms with Gasteiger partial charge in [-0.05, 0) is 23.6 Å². The van der Waals surface area contributed by atoms with E-state index in [0.717, 1.165) is 19.6 Å². The summed E-state index contributed by atoms with van der Waals surface area (Å²) in [5.74, 6) is -0.331. The van der Waals surface area contributed by atoms with Gasteiger partial charge in [0.1, 0.15) is 0 Å². The van der Waals surface area contributed by atoms with E-state index < -0.39 is 0 Å². The molecule has 22 heavy (non-hydrogen) atoms. The molecule has 6 heteroatoms. The molecule has 0 radical (unpaired) electrons. The van der Waals surface area contributed by atoms with Gasteiger partial charge in [-0.2, -0.15) is 0 Å². The predicted octanol–water partition coefficient (Wildman–Crippen LogP) is 0.202. The summed E-state index contributed by atoms with van der Waals surface area (Å²) in [7, 11) is 2.04. The number of benzene rings is 1. The lowest BCUT2D eigenvalue weighted by Crippen LogP contribution is -2.50. The van der Waals surface area contributed by atoms with Crippen LogP contribution in [0.4, 0.5) is 5.69 Å². The molecule has 2 aliphatic rings. The van der Waals surface area contributed by atoms with Crippen LogP contribution in [-0.2, 0) is 22.7 Å². The van der Waals surface area contributed by atoms with Crippen molar-refractivity contribution in [3.8, 4) is 0 Å². The number of carbonyl (C=O) groups is 2. The second-order valence-electron chi connectivity index (χ2n) is 6.00. The molecular formula is C16H22N4O2. The van der Waals surface area contributed by atoms with Crippen molar-refractivity contribution in [2.45, 2.75) is 32.0 Å². The number of nitrogens with one attached hydrogen (secondary N) is 1. The molecule has 2 amide bonds. The van der Waals surface area contributed by atoms with Gasteiger partial charge in [-0.25, -0.2) is 0 Å². The van der Waals surface area contributed by atoms with E-state index in [-0.39, 0.29) is 17.9 Å². The molecule has 1 fully saturated rings. The lowest BCUT2D eigenvalue weighted by molar-refractivity contribution is -0.137. The van der Waals surface area contributed by atoms with Gasteiger partial charge < -0.3 is 10.6 Å². The first-order valence-corrected chi connectivity index (χ1v) is 7.70. The van der Waals surface area contributed by atoms with Crippen LogP contribution in [0.1, 0.15) is 24.0 Å². The second kappa shape index (κ2) is 6.06. The highest BCUT2D eigenvalue weighted by atomic mass is 16.2. The maximum atomic E-state index is 12.1. The Morgan fingerprint density at radius 1 is 1.36 bits per heavy atom. The van der Waals surface area contributed by atoms with Gasteiger partial charge in [-0.3, -0.25) is 19.8 Å². The Bertz CT molecular complexity index is 602. The fourth-order valence-corrected chi connectivity index (χ4v) is 3.35. The molecule has 0 spiro atoms. The third-order valence-electron chi connectivity index (χ3n) is 4.51. The molecule has 1 saturated heterocycles. The number of hydrogen-bond donors (Lipinski definition) is 2. The minimum Gasteiger partial charge on any atom is -0.373 e. The van der Waals surface area contributed by atoms with Gasteiger partial charge in [0.25, 0.3) is 0 Å². The number of anilines is 1. The molecule has 0 bridgehead atoms. The van der Waals surface area contributed by atoms with Crippen molar-refractivity contribution < 1.29 is 9.59 Å². The Hall–Kier alpha value is -1.92. The quantitative estimate of drug-likeness (QED) is 0.777. The Morgan fingerprint density at radius 3 is 2.91 bits per heavy atom. The Balaban J connectivity index is 1.79. The highest BCUT2D eigenvalue weighted by Crippen LogP contribution is 2.33. The van der Waals surface area contributed by atoms with E-state index in [0.29, 0.717) is 19.4 Å². The zero-order valence-corrected chi connectivity index (χ0v) is 12.8. The number of piperidine rings is 1. The molecule has 0 saturated carbocycles. The molecule has 2 aliphatic heterocycles. The highest BCUT2D eigenvalue weighted by molar-refractivity contribution is 6.00. The van der Waals surface area contributed by atoms with Crippen LogP contribution in [0.2, 0.25) is 0 Å². The lowest BCUT2D eigenvalue weighted by atomic mass is 10.0. The van der Waals surface area contributed by atoms with Crippen molar-refractivity contribution in [3.05, 3.63) is 29.3 Å². The van der Waals surface area contributed by atoms with Gasteiger partial charge in [-0.1, -0.05) is 12.1 Å². The number of likely N-dealkylation sites (N-methyl/N-ethyl adjacent to an activating group) is 1. The van der Waals surface area contributed by atoms with E-state index >= 15 is 0 Å². The van der Waals surface area contributed by atoms with Crippen molar-refractivity contribution in [3.63, 3.8) is 0 Å². The average Bonchev–Trinajstić information content (AvgIpc) is 2.90. The highest BCUT2D eigenvalue weighted by Gasteiger charge is 2.35. The maximum absolute atomic E-state index is 12.1. The number of amides is 2. The average molecular weight is 302 g/mol. The molecular weight excluding hydrogens is 280 g/mol. The summed E-state index contributed by atoms with van der Waals surface area (Å²) in [6.45, 7) is 2.91. The van der Waals surface area contributed by atoms with Gasteiger partial charge in [0.15, 0.2) is 0 Å². The largest absolute Gasteiger partial charge is 0.373 e. The Kier molecular flexibility index (Phi) is 4.13. The van der Waals surface area contributed by atoms with Crippen molar-refractivity contribution in [2.75, 3.05) is 25.0 Å². The first-order chi connectivity index (χ1) is 10.6. The van der Waals surface area contributed by atoms with Crippen molar-refractivity contribution in [1.82, 2.24) is 10.2 Å². The topological polar surface area (TPSA) is 78.7 Å². The molecule has 1 atom stereocenters. The van der Waals surface area contributed by atoms with Crippen LogP contribution in [0.3, 0.4) is 0 Å². The van der Waals surface area contributed by atoms with Crippen LogP contribution >= 0.6 is 0 Å². The fourth-order valence-electron chi connectivity index (χ4n) is 3.35. The summed E-state index contributed by atoms with van der Waals surface area (Å²) in [6, 6.07) is 6.05. The van der Waals surface area contributed by atoms with E-state index in [2.05, 4.69) is 33.3 Å². The molecule has 6 nitrogen and oxygen atoms in total. The SMILES string of the molecule is CN(CCN)c1cccc2c1CN(C1CCC(=O)NC1=O)C2. The van der Waals surface area contributed by atoms with Gasteiger partial charge in [0, 0.05) is 45.3 Å².